The molecule has 1 aromatic heterocycles. The van der Waals surface area contributed by atoms with Gasteiger partial charge in [-0.1, -0.05) is 36.4 Å². The fourth-order valence-corrected chi connectivity index (χ4v) is 4.17. The maximum Gasteiger partial charge on any atom is 0.490 e. The molecule has 1 unspecified atom stereocenters. The van der Waals surface area contributed by atoms with Gasteiger partial charge in [0.2, 0.25) is 11.8 Å². The van der Waals surface area contributed by atoms with Crippen LogP contribution in [0.5, 0.6) is 0 Å². The van der Waals surface area contributed by atoms with Crippen LogP contribution in [0.1, 0.15) is 29.2 Å². The van der Waals surface area contributed by atoms with E-state index in [-0.39, 0.29) is 11.8 Å². The number of hydrogen-bond acceptors (Lipinski definition) is 6. The van der Waals surface area contributed by atoms with Gasteiger partial charge in [-0.05, 0) is 64.9 Å². The summed E-state index contributed by atoms with van der Waals surface area (Å²) >= 11 is 0. The van der Waals surface area contributed by atoms with Crippen LogP contribution in [0.25, 0.3) is 10.8 Å². The van der Waals surface area contributed by atoms with Crippen molar-refractivity contribution < 1.29 is 32.7 Å². The van der Waals surface area contributed by atoms with Gasteiger partial charge in [0.25, 0.3) is 0 Å². The highest BCUT2D eigenvalue weighted by Gasteiger charge is 2.38. The molecule has 0 radical (unpaired) electrons. The van der Waals surface area contributed by atoms with E-state index in [4.69, 9.17) is 15.6 Å². The molecule has 0 aliphatic carbocycles. The Labute approximate surface area is 232 Å². The Morgan fingerprint density at radius 1 is 0.976 bits per heavy atom. The van der Waals surface area contributed by atoms with Gasteiger partial charge in [-0.3, -0.25) is 9.59 Å². The fourth-order valence-electron chi connectivity index (χ4n) is 4.17. The van der Waals surface area contributed by atoms with Crippen molar-refractivity contribution >= 4 is 45.7 Å². The number of rotatable bonds is 2. The molecule has 41 heavy (non-hydrogen) atoms. The number of carboxylic acids is 1. The smallest absolute Gasteiger partial charge is 0.475 e. The fraction of sp³-hybridized carbons (Fsp3) is 0.172. The summed E-state index contributed by atoms with van der Waals surface area (Å²) in [5.41, 5.74) is 10.3. The van der Waals surface area contributed by atoms with Gasteiger partial charge in [-0.2, -0.15) is 13.2 Å². The second-order valence-corrected chi connectivity index (χ2v) is 9.22. The summed E-state index contributed by atoms with van der Waals surface area (Å²) in [6.45, 7) is 0.346. The number of pyridine rings is 1. The van der Waals surface area contributed by atoms with E-state index in [0.29, 0.717) is 25.2 Å². The molecule has 9 nitrogen and oxygen atoms in total. The molecule has 12 heteroatoms. The van der Waals surface area contributed by atoms with E-state index >= 15 is 0 Å². The first-order chi connectivity index (χ1) is 19.5. The maximum absolute atomic E-state index is 13.3. The van der Waals surface area contributed by atoms with Crippen LogP contribution >= 0.6 is 0 Å². The normalized spacial score (nSPS) is 15.4. The average molecular weight is 566 g/mol. The third-order valence-electron chi connectivity index (χ3n) is 6.24. The first-order valence-corrected chi connectivity index (χ1v) is 12.5. The summed E-state index contributed by atoms with van der Waals surface area (Å²) in [6, 6.07) is 22.4. The second kappa shape index (κ2) is 12.4. The average Bonchev–Trinajstić information content (AvgIpc) is 2.94. The van der Waals surface area contributed by atoms with Crippen molar-refractivity contribution in [1.29, 1.82) is 0 Å². The van der Waals surface area contributed by atoms with E-state index in [1.807, 2.05) is 72.8 Å². The van der Waals surface area contributed by atoms with Crippen LogP contribution in [0.15, 0.2) is 79.0 Å². The molecule has 2 aliphatic heterocycles. The molecule has 0 saturated carbocycles. The maximum atomic E-state index is 13.3. The van der Waals surface area contributed by atoms with Crippen LogP contribution < -0.4 is 21.7 Å². The lowest BCUT2D eigenvalue weighted by Crippen LogP contribution is -2.33. The van der Waals surface area contributed by atoms with Gasteiger partial charge in [0.1, 0.15) is 11.9 Å². The zero-order valence-corrected chi connectivity index (χ0v) is 21.5. The van der Waals surface area contributed by atoms with Crippen molar-refractivity contribution in [1.82, 2.24) is 10.3 Å². The van der Waals surface area contributed by atoms with Gasteiger partial charge in [0.05, 0.1) is 0 Å². The number of aromatic nitrogens is 1. The zero-order chi connectivity index (χ0) is 29.6. The summed E-state index contributed by atoms with van der Waals surface area (Å²) in [7, 11) is 0. The Morgan fingerprint density at radius 3 is 2.41 bits per heavy atom. The number of amides is 2. The number of fused-ring (bicyclic) bond motifs is 9. The van der Waals surface area contributed by atoms with E-state index in [2.05, 4.69) is 20.9 Å². The summed E-state index contributed by atoms with van der Waals surface area (Å²) in [5.74, 6) is -2.47. The van der Waals surface area contributed by atoms with Gasteiger partial charge in [0.15, 0.2) is 0 Å². The van der Waals surface area contributed by atoms with Gasteiger partial charge in [0, 0.05) is 35.9 Å². The predicted octanol–water partition coefficient (Wildman–Crippen LogP) is 4.80. The molecule has 0 spiro atoms. The van der Waals surface area contributed by atoms with Crippen LogP contribution in [-0.4, -0.2) is 34.1 Å². The summed E-state index contributed by atoms with van der Waals surface area (Å²) in [5, 5.41) is 18.3. The molecule has 6 rings (SSSR count). The van der Waals surface area contributed by atoms with E-state index in [9.17, 15) is 22.8 Å². The Hall–Kier alpha value is -5.13. The van der Waals surface area contributed by atoms with Crippen molar-refractivity contribution in [2.45, 2.75) is 31.6 Å². The molecule has 1 atom stereocenters. The number of aryl methyl sites for hydroxylation is 1. The number of nitrogens with two attached hydrogens (primary N) is 1. The molecule has 4 aromatic rings. The number of carbonyl (C=O) groups is 3. The molecule has 6 N–H and O–H groups in total. The number of nitrogens with zero attached hydrogens (tertiary/aromatic N) is 1. The van der Waals surface area contributed by atoms with E-state index in [0.717, 1.165) is 38.8 Å². The number of aliphatic carboxylic acids is 1. The summed E-state index contributed by atoms with van der Waals surface area (Å²) in [4.78, 5) is 38.7. The SMILES string of the molecule is Nc1nccc2cc(NC3C(=O)NCc4cccc(c4)NC(=O)CCc4ccc3cc4)ccc12.O=C(O)C(F)(F)F. The molecule has 0 fully saturated rings. The van der Waals surface area contributed by atoms with Crippen LogP contribution in [0.3, 0.4) is 0 Å². The first kappa shape index (κ1) is 28.9. The Bertz CT molecular complexity index is 1580. The molecule has 3 heterocycles. The highest BCUT2D eigenvalue weighted by Crippen LogP contribution is 2.26. The van der Waals surface area contributed by atoms with E-state index in [1.54, 1.807) is 6.20 Å². The van der Waals surface area contributed by atoms with Gasteiger partial charge in [-0.25, -0.2) is 9.78 Å². The highest BCUT2D eigenvalue weighted by atomic mass is 19.4. The van der Waals surface area contributed by atoms with Crippen molar-refractivity contribution in [3.05, 3.63) is 95.7 Å². The molecule has 3 aromatic carbocycles. The number of carbonyl (C=O) groups excluding carboxylic acids is 2. The minimum Gasteiger partial charge on any atom is -0.475 e. The first-order valence-electron chi connectivity index (χ1n) is 12.5. The van der Waals surface area contributed by atoms with Crippen LogP contribution in [0.2, 0.25) is 0 Å². The minimum absolute atomic E-state index is 0.0354. The summed E-state index contributed by atoms with van der Waals surface area (Å²) in [6.07, 6.45) is -2.40. The number of nitrogen functional groups attached to an aromatic ring is 1. The second-order valence-electron chi connectivity index (χ2n) is 9.22. The Balaban J connectivity index is 0.000000493. The lowest BCUT2D eigenvalue weighted by atomic mass is 10.0. The van der Waals surface area contributed by atoms with Crippen molar-refractivity contribution in [2.24, 2.45) is 0 Å². The standard InChI is InChI=1S/C27H25N5O2.C2HF3O2/c28-26-23-10-9-22(15-20(23)12-13-29-26)32-25-19-7-4-17(5-8-19)6-11-24(33)31-21-3-1-2-18(14-21)16-30-27(25)34;3-2(4,5)1(6)7/h1-5,7-10,12-15,25,32H,6,11,16H2,(H2,28,29)(H,30,34)(H,31,33);(H,6,7). The van der Waals surface area contributed by atoms with E-state index < -0.39 is 18.2 Å². The highest BCUT2D eigenvalue weighted by molar-refractivity contribution is 5.94. The van der Waals surface area contributed by atoms with Crippen molar-refractivity contribution in [2.75, 3.05) is 16.4 Å². The molecule has 2 amide bonds. The number of hydrogen-bond donors (Lipinski definition) is 5. The number of nitrogens with one attached hydrogen (secondary N) is 3. The van der Waals surface area contributed by atoms with Gasteiger partial charge >= 0.3 is 12.1 Å². The Morgan fingerprint density at radius 2 is 1.71 bits per heavy atom. The number of carboxylic acid groups (broad SMARTS) is 1. The van der Waals surface area contributed by atoms with Crippen LogP contribution in [0, 0.1) is 0 Å². The topological polar surface area (TPSA) is 146 Å². The quantitative estimate of drug-likeness (QED) is 0.235. The largest absolute Gasteiger partial charge is 0.490 e. The molecule has 2 aliphatic rings. The molecule has 212 valence electrons. The zero-order valence-electron chi connectivity index (χ0n) is 21.5. The lowest BCUT2D eigenvalue weighted by Gasteiger charge is -2.21. The molecular weight excluding hydrogens is 539 g/mol. The number of halogens is 3. The summed E-state index contributed by atoms with van der Waals surface area (Å²) < 4.78 is 31.7. The number of benzene rings is 3. The monoisotopic (exact) mass is 565 g/mol. The number of anilines is 3. The Kier molecular flexibility index (Phi) is 8.71. The molecule has 4 bridgehead atoms. The van der Waals surface area contributed by atoms with E-state index in [1.165, 1.54) is 0 Å². The lowest BCUT2D eigenvalue weighted by molar-refractivity contribution is -0.192. The third-order valence-corrected chi connectivity index (χ3v) is 6.24. The van der Waals surface area contributed by atoms with Gasteiger partial charge < -0.3 is 26.8 Å². The van der Waals surface area contributed by atoms with Crippen LogP contribution in [0.4, 0.5) is 30.4 Å². The number of alkyl halides is 3. The third kappa shape index (κ3) is 7.72. The van der Waals surface area contributed by atoms with Gasteiger partial charge in [-0.15, -0.1) is 0 Å². The minimum atomic E-state index is -5.08. The molecular formula is C29H26F3N5O4. The van der Waals surface area contributed by atoms with Crippen molar-refractivity contribution in [3.63, 3.8) is 0 Å². The predicted molar refractivity (Wildman–Crippen MR) is 148 cm³/mol. The van der Waals surface area contributed by atoms with Crippen LogP contribution in [-0.2, 0) is 27.3 Å². The van der Waals surface area contributed by atoms with Crippen molar-refractivity contribution in [3.8, 4) is 0 Å². The molecule has 0 saturated heterocycles.